The third-order valence-corrected chi connectivity index (χ3v) is 6.97. The number of carbonyl (C=O) groups is 1. The molecule has 0 spiro atoms. The SMILES string of the molecule is NC(=O)c1ccc(S(=O)(=O)Cc2cccnc2)c(-c2ccc(Cl)c(-c3ccccn3)c2)c1. The van der Waals surface area contributed by atoms with E-state index < -0.39 is 15.7 Å². The van der Waals surface area contributed by atoms with Gasteiger partial charge in [-0.25, -0.2) is 8.42 Å². The molecule has 4 aromatic rings. The van der Waals surface area contributed by atoms with Crippen molar-refractivity contribution in [3.63, 3.8) is 0 Å². The minimum Gasteiger partial charge on any atom is -0.366 e. The first-order valence-electron chi connectivity index (χ1n) is 9.62. The van der Waals surface area contributed by atoms with Gasteiger partial charge in [0.15, 0.2) is 9.84 Å². The highest BCUT2D eigenvalue weighted by Crippen LogP contribution is 2.35. The van der Waals surface area contributed by atoms with Crippen molar-refractivity contribution in [3.8, 4) is 22.4 Å². The molecule has 0 unspecified atom stereocenters. The molecule has 0 radical (unpaired) electrons. The molecule has 2 heterocycles. The van der Waals surface area contributed by atoms with E-state index in [1.54, 1.807) is 48.8 Å². The van der Waals surface area contributed by atoms with Crippen LogP contribution < -0.4 is 5.73 Å². The zero-order chi connectivity index (χ0) is 22.7. The Morgan fingerprint density at radius 2 is 1.78 bits per heavy atom. The summed E-state index contributed by atoms with van der Waals surface area (Å²) < 4.78 is 26.6. The van der Waals surface area contributed by atoms with Crippen molar-refractivity contribution in [2.75, 3.05) is 0 Å². The third-order valence-electron chi connectivity index (χ3n) is 4.90. The molecule has 2 aromatic heterocycles. The monoisotopic (exact) mass is 463 g/mol. The summed E-state index contributed by atoms with van der Waals surface area (Å²) in [5.74, 6) is -0.883. The standard InChI is InChI=1S/C24H18ClN3O3S/c25-21-8-6-17(12-20(21)22-5-1-2-11-28-22)19-13-18(24(26)29)7-9-23(19)32(30,31)15-16-4-3-10-27-14-16/h1-14H,15H2,(H2,26,29). The van der Waals surface area contributed by atoms with Crippen LogP contribution in [0.4, 0.5) is 0 Å². The average molecular weight is 464 g/mol. The van der Waals surface area contributed by atoms with E-state index >= 15 is 0 Å². The maximum atomic E-state index is 13.3. The van der Waals surface area contributed by atoms with Gasteiger partial charge in [-0.15, -0.1) is 0 Å². The largest absolute Gasteiger partial charge is 0.366 e. The minimum absolute atomic E-state index is 0.0839. The van der Waals surface area contributed by atoms with Crippen LogP contribution in [0, 0.1) is 0 Å². The molecule has 2 N–H and O–H groups in total. The van der Waals surface area contributed by atoms with Crippen molar-refractivity contribution >= 4 is 27.3 Å². The maximum absolute atomic E-state index is 13.3. The van der Waals surface area contributed by atoms with Gasteiger partial charge in [-0.05, 0) is 59.7 Å². The molecule has 0 aliphatic heterocycles. The number of halogens is 1. The Hall–Kier alpha value is -3.55. The first-order chi connectivity index (χ1) is 15.3. The van der Waals surface area contributed by atoms with Gasteiger partial charge in [-0.3, -0.25) is 14.8 Å². The fourth-order valence-electron chi connectivity index (χ4n) is 3.37. The normalized spacial score (nSPS) is 11.3. The van der Waals surface area contributed by atoms with Crippen LogP contribution in [0.2, 0.25) is 5.02 Å². The van der Waals surface area contributed by atoms with Gasteiger partial charge >= 0.3 is 0 Å². The predicted molar refractivity (Wildman–Crippen MR) is 124 cm³/mol. The van der Waals surface area contributed by atoms with E-state index in [0.29, 0.717) is 33.0 Å². The second-order valence-corrected chi connectivity index (χ2v) is 9.47. The second kappa shape index (κ2) is 8.90. The highest BCUT2D eigenvalue weighted by molar-refractivity contribution is 7.90. The lowest BCUT2D eigenvalue weighted by Crippen LogP contribution is -2.13. The van der Waals surface area contributed by atoms with Crippen LogP contribution in [0.3, 0.4) is 0 Å². The summed E-state index contributed by atoms with van der Waals surface area (Å²) in [5, 5.41) is 0.471. The average Bonchev–Trinajstić information content (AvgIpc) is 2.80. The number of hydrogen-bond donors (Lipinski definition) is 1. The summed E-state index contributed by atoms with van der Waals surface area (Å²) in [6.07, 6.45) is 4.74. The van der Waals surface area contributed by atoms with Crippen molar-refractivity contribution in [2.45, 2.75) is 10.6 Å². The van der Waals surface area contributed by atoms with Crippen molar-refractivity contribution in [1.29, 1.82) is 0 Å². The Labute approximate surface area is 190 Å². The van der Waals surface area contributed by atoms with Crippen LogP contribution in [0.1, 0.15) is 15.9 Å². The molecule has 0 aliphatic rings. The van der Waals surface area contributed by atoms with Gasteiger partial charge in [-0.1, -0.05) is 29.8 Å². The van der Waals surface area contributed by atoms with Crippen LogP contribution in [-0.2, 0) is 15.6 Å². The summed E-state index contributed by atoms with van der Waals surface area (Å²) >= 11 is 6.40. The van der Waals surface area contributed by atoms with Gasteiger partial charge < -0.3 is 5.73 Å². The molecule has 0 saturated carbocycles. The van der Waals surface area contributed by atoms with Crippen LogP contribution >= 0.6 is 11.6 Å². The van der Waals surface area contributed by atoms with Gasteiger partial charge in [-0.2, -0.15) is 0 Å². The number of nitrogens with zero attached hydrogens (tertiary/aromatic N) is 2. The van der Waals surface area contributed by atoms with E-state index in [1.165, 1.54) is 24.4 Å². The minimum atomic E-state index is -3.76. The third kappa shape index (κ3) is 4.54. The fraction of sp³-hybridized carbons (Fsp3) is 0.0417. The highest BCUT2D eigenvalue weighted by Gasteiger charge is 2.22. The highest BCUT2D eigenvalue weighted by atomic mass is 35.5. The number of nitrogens with two attached hydrogens (primary N) is 1. The van der Waals surface area contributed by atoms with Gasteiger partial charge in [0.25, 0.3) is 0 Å². The number of rotatable bonds is 6. The second-order valence-electron chi connectivity index (χ2n) is 7.11. The summed E-state index contributed by atoms with van der Waals surface area (Å²) in [7, 11) is -3.76. The molecule has 8 heteroatoms. The number of sulfone groups is 1. The van der Waals surface area contributed by atoms with Crippen molar-refractivity contribution in [2.24, 2.45) is 5.73 Å². The first-order valence-corrected chi connectivity index (χ1v) is 11.6. The van der Waals surface area contributed by atoms with Crippen LogP contribution in [0.15, 0.2) is 90.2 Å². The summed E-state index contributed by atoms with van der Waals surface area (Å²) in [6.45, 7) is 0. The quantitative estimate of drug-likeness (QED) is 0.452. The number of benzene rings is 2. The Morgan fingerprint density at radius 3 is 2.47 bits per heavy atom. The molecule has 0 atom stereocenters. The van der Waals surface area contributed by atoms with E-state index in [4.69, 9.17) is 17.3 Å². The fourth-order valence-corrected chi connectivity index (χ4v) is 5.14. The van der Waals surface area contributed by atoms with Gasteiger partial charge in [0, 0.05) is 40.3 Å². The molecule has 4 rings (SSSR count). The molecular formula is C24H18ClN3O3S. The molecular weight excluding hydrogens is 446 g/mol. The zero-order valence-corrected chi connectivity index (χ0v) is 18.3. The Balaban J connectivity index is 1.88. The summed E-state index contributed by atoms with van der Waals surface area (Å²) in [6, 6.07) is 18.3. The molecule has 160 valence electrons. The van der Waals surface area contributed by atoms with E-state index in [0.717, 1.165) is 0 Å². The Morgan fingerprint density at radius 1 is 0.938 bits per heavy atom. The topological polar surface area (TPSA) is 103 Å². The van der Waals surface area contributed by atoms with Gasteiger partial charge in [0.1, 0.15) is 0 Å². The van der Waals surface area contributed by atoms with E-state index in [2.05, 4.69) is 9.97 Å². The van der Waals surface area contributed by atoms with Crippen molar-refractivity contribution in [1.82, 2.24) is 9.97 Å². The molecule has 1 amide bonds. The van der Waals surface area contributed by atoms with Crippen LogP contribution in [-0.4, -0.2) is 24.3 Å². The lowest BCUT2D eigenvalue weighted by molar-refractivity contribution is 0.1000. The zero-order valence-electron chi connectivity index (χ0n) is 16.8. The Bertz CT molecular complexity index is 1390. The molecule has 2 aromatic carbocycles. The van der Waals surface area contributed by atoms with Gasteiger partial charge in [0.2, 0.25) is 5.91 Å². The van der Waals surface area contributed by atoms with Crippen molar-refractivity contribution < 1.29 is 13.2 Å². The maximum Gasteiger partial charge on any atom is 0.248 e. The Kier molecular flexibility index (Phi) is 6.03. The molecule has 0 saturated heterocycles. The van der Waals surface area contributed by atoms with Gasteiger partial charge in [0.05, 0.1) is 16.3 Å². The molecule has 0 aliphatic carbocycles. The molecule has 6 nitrogen and oxygen atoms in total. The number of carbonyl (C=O) groups excluding carboxylic acids is 1. The lowest BCUT2D eigenvalue weighted by Gasteiger charge is -2.14. The van der Waals surface area contributed by atoms with E-state index in [1.807, 2.05) is 12.1 Å². The number of amides is 1. The molecule has 0 fully saturated rings. The predicted octanol–water partition coefficient (Wildman–Crippen LogP) is 4.54. The molecule has 0 bridgehead atoms. The number of aromatic nitrogens is 2. The summed E-state index contributed by atoms with van der Waals surface area (Å²) in [4.78, 5) is 20.2. The first kappa shape index (κ1) is 21.7. The van der Waals surface area contributed by atoms with Crippen molar-refractivity contribution in [3.05, 3.63) is 101 Å². The van der Waals surface area contributed by atoms with Crippen LogP contribution in [0.25, 0.3) is 22.4 Å². The number of pyridine rings is 2. The molecule has 32 heavy (non-hydrogen) atoms. The smallest absolute Gasteiger partial charge is 0.248 e. The van der Waals surface area contributed by atoms with E-state index in [9.17, 15) is 13.2 Å². The number of hydrogen-bond acceptors (Lipinski definition) is 5. The lowest BCUT2D eigenvalue weighted by atomic mass is 9.99. The van der Waals surface area contributed by atoms with Crippen LogP contribution in [0.5, 0.6) is 0 Å². The number of primary amides is 1. The summed E-state index contributed by atoms with van der Waals surface area (Å²) in [5.41, 5.74) is 8.44. The van der Waals surface area contributed by atoms with E-state index in [-0.39, 0.29) is 16.2 Å².